The lowest BCUT2D eigenvalue weighted by Gasteiger charge is -2.19. The molecule has 0 saturated heterocycles. The van der Waals surface area contributed by atoms with Crippen LogP contribution in [0.1, 0.15) is 41.6 Å². The molecule has 0 radical (unpaired) electrons. The number of hydrogen-bond donors (Lipinski definition) is 5. The summed E-state index contributed by atoms with van der Waals surface area (Å²) in [7, 11) is 1.42. The van der Waals surface area contributed by atoms with Crippen LogP contribution in [0, 0.1) is 0 Å². The van der Waals surface area contributed by atoms with Crippen molar-refractivity contribution in [3.05, 3.63) is 86.3 Å². The molecule has 5 rings (SSSR count). The first kappa shape index (κ1) is 27.6. The van der Waals surface area contributed by atoms with E-state index >= 15 is 0 Å². The van der Waals surface area contributed by atoms with Crippen LogP contribution >= 0.6 is 0 Å². The van der Waals surface area contributed by atoms with Crippen molar-refractivity contribution in [2.24, 2.45) is 0 Å². The largest absolute Gasteiger partial charge is 0.421 e. The number of anilines is 7. The molecule has 3 aromatic carbocycles. The van der Waals surface area contributed by atoms with Crippen LogP contribution in [0.3, 0.4) is 0 Å². The van der Waals surface area contributed by atoms with E-state index in [1.165, 1.54) is 19.2 Å². The van der Waals surface area contributed by atoms with Gasteiger partial charge in [-0.1, -0.05) is 25.0 Å². The number of para-hydroxylation sites is 1. The van der Waals surface area contributed by atoms with Crippen molar-refractivity contribution in [3.8, 4) is 0 Å². The Bertz CT molecular complexity index is 1640. The highest BCUT2D eigenvalue weighted by atomic mass is 19.4. The van der Waals surface area contributed by atoms with Crippen LogP contribution in [0.4, 0.5) is 53.4 Å². The molecule has 0 spiro atoms. The van der Waals surface area contributed by atoms with Crippen LogP contribution in [0.25, 0.3) is 0 Å². The summed E-state index contributed by atoms with van der Waals surface area (Å²) in [5.41, 5.74) is -0.463. The zero-order valence-corrected chi connectivity index (χ0v) is 21.9. The third-order valence-corrected chi connectivity index (χ3v) is 6.77. The number of carbonyl (C=O) groups is 1. The van der Waals surface area contributed by atoms with E-state index in [0.717, 1.165) is 25.7 Å². The lowest BCUT2D eigenvalue weighted by molar-refractivity contribution is -0.137. The molecule has 1 aliphatic rings. The molecule has 212 valence electrons. The second-order valence-corrected chi connectivity index (χ2v) is 9.56. The molecular formula is C28H26F3N7O3. The zero-order valence-electron chi connectivity index (χ0n) is 21.9. The minimum Gasteiger partial charge on any atom is -0.377 e. The summed E-state index contributed by atoms with van der Waals surface area (Å²) in [6.07, 6.45) is -0.0517. The second kappa shape index (κ2) is 11.3. The molecular weight excluding hydrogens is 539 g/mol. The van der Waals surface area contributed by atoms with Crippen molar-refractivity contribution < 1.29 is 18.0 Å². The molecule has 5 N–H and O–H groups in total. The van der Waals surface area contributed by atoms with Gasteiger partial charge >= 0.3 is 6.18 Å². The van der Waals surface area contributed by atoms with E-state index < -0.39 is 34.3 Å². The number of carbonyl (C=O) groups excluding carboxylic acids is 1. The Kier molecular flexibility index (Phi) is 7.60. The number of nitrogens with one attached hydrogen (secondary N) is 5. The molecule has 0 bridgehead atoms. The highest BCUT2D eigenvalue weighted by molar-refractivity contribution is 6.00. The summed E-state index contributed by atoms with van der Waals surface area (Å²) >= 11 is 0. The first-order valence-corrected chi connectivity index (χ1v) is 12.9. The van der Waals surface area contributed by atoms with Gasteiger partial charge in [-0.05, 0) is 49.2 Å². The maximum atomic E-state index is 13.7. The summed E-state index contributed by atoms with van der Waals surface area (Å²) < 4.78 is 41.2. The lowest BCUT2D eigenvalue weighted by atomic mass is 10.1. The minimum atomic E-state index is -4.75. The van der Waals surface area contributed by atoms with Crippen LogP contribution in [-0.4, -0.2) is 29.0 Å². The Hall–Kier alpha value is -4.94. The summed E-state index contributed by atoms with van der Waals surface area (Å²) in [5, 5.41) is 14.1. The van der Waals surface area contributed by atoms with Gasteiger partial charge in [-0.15, -0.1) is 0 Å². The third kappa shape index (κ3) is 5.98. The monoisotopic (exact) mass is 565 g/mol. The van der Waals surface area contributed by atoms with Crippen molar-refractivity contribution in [2.45, 2.75) is 37.9 Å². The first-order valence-electron chi connectivity index (χ1n) is 12.9. The molecule has 1 aliphatic carbocycles. The Morgan fingerprint density at radius 3 is 2.17 bits per heavy atom. The standard InChI is InChI=1S/C28H26F3N7O3/c1-32-26(41)18-8-4-5-9-20(18)37-25-19(28(29,30)31)14-33-27(38-25)36-17-12-10-16(11-13-17)35-22-21(23(39)24(22)40)34-15-6-2-3-7-15/h4-5,8-15,34-35H,2-3,6-7H2,1H3,(H,32,41)(H2,33,36,37,38). The number of benzene rings is 2. The lowest BCUT2D eigenvalue weighted by Crippen LogP contribution is -2.38. The zero-order chi connectivity index (χ0) is 29.1. The molecule has 0 atom stereocenters. The highest BCUT2D eigenvalue weighted by Crippen LogP contribution is 2.36. The Morgan fingerprint density at radius 2 is 1.51 bits per heavy atom. The maximum Gasteiger partial charge on any atom is 0.421 e. The molecule has 1 fully saturated rings. The van der Waals surface area contributed by atoms with Gasteiger partial charge in [-0.25, -0.2) is 4.98 Å². The van der Waals surface area contributed by atoms with Crippen molar-refractivity contribution >= 4 is 46.1 Å². The number of hydrogen-bond acceptors (Lipinski definition) is 9. The van der Waals surface area contributed by atoms with E-state index in [2.05, 4.69) is 36.6 Å². The fourth-order valence-electron chi connectivity index (χ4n) is 4.63. The summed E-state index contributed by atoms with van der Waals surface area (Å²) in [6.45, 7) is 0. The molecule has 1 heterocycles. The molecule has 1 amide bonds. The van der Waals surface area contributed by atoms with E-state index in [9.17, 15) is 27.6 Å². The average Bonchev–Trinajstić information content (AvgIpc) is 3.48. The Labute approximate surface area is 232 Å². The normalized spacial score (nSPS) is 13.7. The molecule has 13 heteroatoms. The molecule has 1 aromatic heterocycles. The van der Waals surface area contributed by atoms with Crippen molar-refractivity contribution in [1.82, 2.24) is 15.3 Å². The fourth-order valence-corrected chi connectivity index (χ4v) is 4.63. The average molecular weight is 566 g/mol. The number of halogens is 3. The minimum absolute atomic E-state index is 0.121. The molecule has 0 unspecified atom stereocenters. The quantitative estimate of drug-likeness (QED) is 0.177. The molecule has 4 aromatic rings. The van der Waals surface area contributed by atoms with Gasteiger partial charge < -0.3 is 26.6 Å². The Morgan fingerprint density at radius 1 is 0.878 bits per heavy atom. The van der Waals surface area contributed by atoms with E-state index in [0.29, 0.717) is 23.3 Å². The van der Waals surface area contributed by atoms with E-state index in [4.69, 9.17) is 0 Å². The molecule has 10 nitrogen and oxygen atoms in total. The van der Waals surface area contributed by atoms with Crippen LogP contribution < -0.4 is 37.4 Å². The van der Waals surface area contributed by atoms with Gasteiger partial charge in [0.1, 0.15) is 22.8 Å². The van der Waals surface area contributed by atoms with Crippen molar-refractivity contribution in [2.75, 3.05) is 28.3 Å². The van der Waals surface area contributed by atoms with Gasteiger partial charge in [-0.2, -0.15) is 18.2 Å². The predicted octanol–water partition coefficient (Wildman–Crippen LogP) is 5.04. The molecule has 0 aliphatic heterocycles. The first-order chi connectivity index (χ1) is 19.6. The van der Waals surface area contributed by atoms with Crippen LogP contribution in [0.5, 0.6) is 0 Å². The van der Waals surface area contributed by atoms with Crippen LogP contribution in [0.15, 0.2) is 64.3 Å². The van der Waals surface area contributed by atoms with Gasteiger partial charge in [0.2, 0.25) is 5.95 Å². The van der Waals surface area contributed by atoms with Gasteiger partial charge in [0, 0.05) is 30.7 Å². The number of nitrogens with zero attached hydrogens (tertiary/aromatic N) is 2. The van der Waals surface area contributed by atoms with Gasteiger partial charge in [-0.3, -0.25) is 14.4 Å². The maximum absolute atomic E-state index is 13.7. The predicted molar refractivity (Wildman–Crippen MR) is 150 cm³/mol. The summed E-state index contributed by atoms with van der Waals surface area (Å²) in [6, 6.07) is 12.8. The summed E-state index contributed by atoms with van der Waals surface area (Å²) in [4.78, 5) is 44.3. The summed E-state index contributed by atoms with van der Waals surface area (Å²) in [5.74, 6) is -1.14. The topological polar surface area (TPSA) is 137 Å². The number of rotatable bonds is 9. The SMILES string of the molecule is CNC(=O)c1ccccc1Nc1nc(Nc2ccc(Nc3c(NC4CCCC4)c(=O)c3=O)cc2)ncc1C(F)(F)F. The van der Waals surface area contributed by atoms with Gasteiger partial charge in [0.05, 0.1) is 11.3 Å². The van der Waals surface area contributed by atoms with Crippen LogP contribution in [-0.2, 0) is 6.18 Å². The third-order valence-electron chi connectivity index (χ3n) is 6.77. The fraction of sp³-hybridized carbons (Fsp3) is 0.250. The highest BCUT2D eigenvalue weighted by Gasteiger charge is 2.35. The number of alkyl halides is 3. The molecule has 1 saturated carbocycles. The van der Waals surface area contributed by atoms with E-state index in [1.807, 2.05) is 0 Å². The van der Waals surface area contributed by atoms with E-state index in [1.54, 1.807) is 36.4 Å². The number of aromatic nitrogens is 2. The smallest absolute Gasteiger partial charge is 0.377 e. The number of amides is 1. The van der Waals surface area contributed by atoms with E-state index in [-0.39, 0.29) is 28.9 Å². The van der Waals surface area contributed by atoms with Crippen molar-refractivity contribution in [3.63, 3.8) is 0 Å². The second-order valence-electron chi connectivity index (χ2n) is 9.56. The van der Waals surface area contributed by atoms with Crippen LogP contribution in [0.2, 0.25) is 0 Å². The Balaban J connectivity index is 1.34. The van der Waals surface area contributed by atoms with Gasteiger partial charge in [0.25, 0.3) is 16.8 Å². The van der Waals surface area contributed by atoms with Gasteiger partial charge in [0.15, 0.2) is 0 Å². The van der Waals surface area contributed by atoms with Crippen molar-refractivity contribution in [1.29, 1.82) is 0 Å². The molecule has 41 heavy (non-hydrogen) atoms.